The molecule has 2 aromatic carbocycles. The number of nitrogens with one attached hydrogen (secondary N) is 1. The van der Waals surface area contributed by atoms with Crippen LogP contribution in [0.1, 0.15) is 30.1 Å². The Bertz CT molecular complexity index is 1300. The average Bonchev–Trinajstić information content (AvgIpc) is 3.17. The van der Waals surface area contributed by atoms with Crippen LogP contribution in [-0.2, 0) is 16.0 Å². The number of aromatic nitrogens is 2. The summed E-state index contributed by atoms with van der Waals surface area (Å²) in [6.07, 6.45) is 1.62. The monoisotopic (exact) mass is 561 g/mol. The lowest BCUT2D eigenvalue weighted by molar-refractivity contribution is -0.135. The summed E-state index contributed by atoms with van der Waals surface area (Å²) in [5.41, 5.74) is 3.53. The number of carbonyl (C=O) groups is 2. The maximum atomic E-state index is 14.5. The minimum Gasteiger partial charge on any atom is -0.367 e. The van der Waals surface area contributed by atoms with E-state index < -0.39 is 6.04 Å². The van der Waals surface area contributed by atoms with Crippen LogP contribution < -0.4 is 10.2 Å². The first-order valence-corrected chi connectivity index (χ1v) is 12.9. The van der Waals surface area contributed by atoms with Crippen molar-refractivity contribution in [1.29, 1.82) is 0 Å². The van der Waals surface area contributed by atoms with Crippen molar-refractivity contribution in [2.24, 2.45) is 0 Å². The molecule has 0 bridgehead atoms. The first-order chi connectivity index (χ1) is 16.8. The molecule has 1 N–H and O–H groups in total. The molecular formula is C25H26BrClFN5O2. The maximum absolute atomic E-state index is 14.5. The molecule has 2 saturated heterocycles. The van der Waals surface area contributed by atoms with Crippen molar-refractivity contribution in [2.75, 3.05) is 37.6 Å². The minimum atomic E-state index is -0.472. The Hall–Kier alpha value is -2.49. The molecule has 7 nitrogen and oxygen atoms in total. The third-order valence-electron chi connectivity index (χ3n) is 6.90. The fraction of sp³-hybridized carbons (Fsp3) is 0.400. The summed E-state index contributed by atoms with van der Waals surface area (Å²) in [6, 6.07) is 8.72. The largest absolute Gasteiger partial charge is 0.367 e. The number of piperazine rings is 1. The molecule has 1 atom stereocenters. The first-order valence-electron chi connectivity index (χ1n) is 11.7. The van der Waals surface area contributed by atoms with Gasteiger partial charge in [0.2, 0.25) is 5.91 Å². The molecule has 10 heteroatoms. The highest BCUT2D eigenvalue weighted by Gasteiger charge is 2.30. The zero-order valence-electron chi connectivity index (χ0n) is 19.4. The van der Waals surface area contributed by atoms with Gasteiger partial charge in [0.1, 0.15) is 11.9 Å². The van der Waals surface area contributed by atoms with Crippen LogP contribution in [0.5, 0.6) is 0 Å². The molecule has 3 aromatic rings. The van der Waals surface area contributed by atoms with Crippen LogP contribution in [0, 0.1) is 12.7 Å². The normalized spacial score (nSPS) is 19.4. The number of carbonyl (C=O) groups excluding carboxylic acids is 2. The van der Waals surface area contributed by atoms with E-state index in [1.165, 1.54) is 11.6 Å². The van der Waals surface area contributed by atoms with E-state index in [1.54, 1.807) is 10.7 Å². The molecule has 0 saturated carbocycles. The summed E-state index contributed by atoms with van der Waals surface area (Å²) in [5, 5.41) is 8.69. The Morgan fingerprint density at radius 1 is 1.20 bits per heavy atom. The number of hydrogen-bond acceptors (Lipinski definition) is 5. The number of halogens is 3. The van der Waals surface area contributed by atoms with E-state index in [1.807, 2.05) is 24.0 Å². The van der Waals surface area contributed by atoms with Gasteiger partial charge in [-0.1, -0.05) is 23.7 Å². The van der Waals surface area contributed by atoms with Gasteiger partial charge in [0, 0.05) is 49.0 Å². The van der Waals surface area contributed by atoms with Crippen LogP contribution in [0.3, 0.4) is 0 Å². The molecular weight excluding hydrogens is 537 g/mol. The topological polar surface area (TPSA) is 70.5 Å². The highest BCUT2D eigenvalue weighted by Crippen LogP contribution is 2.32. The van der Waals surface area contributed by atoms with Gasteiger partial charge >= 0.3 is 0 Å². The Morgan fingerprint density at radius 2 is 1.97 bits per heavy atom. The van der Waals surface area contributed by atoms with Gasteiger partial charge in [0.05, 0.1) is 21.9 Å². The number of hydrogen-bond donors (Lipinski definition) is 1. The molecule has 0 spiro atoms. The first kappa shape index (κ1) is 24.2. The fourth-order valence-electron chi connectivity index (χ4n) is 5.07. The van der Waals surface area contributed by atoms with Gasteiger partial charge in [-0.3, -0.25) is 24.5 Å². The van der Waals surface area contributed by atoms with Crippen molar-refractivity contribution in [3.63, 3.8) is 0 Å². The van der Waals surface area contributed by atoms with Crippen LogP contribution in [0.25, 0.3) is 10.9 Å². The summed E-state index contributed by atoms with van der Waals surface area (Å²) < 4.78 is 16.8. The van der Waals surface area contributed by atoms with Crippen molar-refractivity contribution in [2.45, 2.75) is 32.2 Å². The third kappa shape index (κ3) is 4.81. The number of rotatable bonds is 5. The van der Waals surface area contributed by atoms with Gasteiger partial charge in [0.25, 0.3) is 5.91 Å². The second-order valence-corrected chi connectivity index (χ2v) is 10.4. The number of nitrogens with zero attached hydrogens (tertiary/aromatic N) is 4. The number of imide groups is 1. The zero-order valence-corrected chi connectivity index (χ0v) is 21.7. The van der Waals surface area contributed by atoms with Crippen molar-refractivity contribution in [3.05, 3.63) is 56.9 Å². The van der Waals surface area contributed by atoms with Crippen molar-refractivity contribution >= 4 is 55.9 Å². The molecule has 2 aliphatic heterocycles. The molecule has 5 rings (SSSR count). The lowest BCUT2D eigenvalue weighted by Crippen LogP contribution is -2.47. The van der Waals surface area contributed by atoms with Crippen LogP contribution in [0.2, 0.25) is 5.02 Å². The number of amides is 2. The fourth-order valence-corrected chi connectivity index (χ4v) is 5.54. The second kappa shape index (κ2) is 9.87. The highest BCUT2D eigenvalue weighted by molar-refractivity contribution is 9.10. The molecule has 0 radical (unpaired) electrons. The van der Waals surface area contributed by atoms with E-state index in [2.05, 4.69) is 37.3 Å². The van der Waals surface area contributed by atoms with Crippen molar-refractivity contribution < 1.29 is 14.0 Å². The molecule has 1 aromatic heterocycles. The number of piperidine rings is 1. The molecule has 2 fully saturated rings. The van der Waals surface area contributed by atoms with Crippen LogP contribution in [0.4, 0.5) is 10.1 Å². The van der Waals surface area contributed by atoms with Gasteiger partial charge in [-0.2, -0.15) is 5.10 Å². The summed E-state index contributed by atoms with van der Waals surface area (Å²) in [7, 11) is 0. The molecule has 2 aliphatic rings. The molecule has 1 unspecified atom stereocenters. The molecule has 35 heavy (non-hydrogen) atoms. The third-order valence-corrected chi connectivity index (χ3v) is 8.10. The van der Waals surface area contributed by atoms with E-state index in [0.29, 0.717) is 28.0 Å². The predicted molar refractivity (Wildman–Crippen MR) is 137 cm³/mol. The quantitative estimate of drug-likeness (QED) is 0.372. The van der Waals surface area contributed by atoms with Gasteiger partial charge in [-0.05, 0) is 59.5 Å². The number of benzene rings is 2. The number of fused-ring (bicyclic) bond motifs is 1. The summed E-state index contributed by atoms with van der Waals surface area (Å²) in [6.45, 7) is 5.96. The lowest BCUT2D eigenvalue weighted by Gasteiger charge is -2.36. The van der Waals surface area contributed by atoms with E-state index in [4.69, 9.17) is 11.6 Å². The van der Waals surface area contributed by atoms with Gasteiger partial charge in [-0.15, -0.1) is 0 Å². The molecule has 184 valence electrons. The maximum Gasteiger partial charge on any atom is 0.251 e. The summed E-state index contributed by atoms with van der Waals surface area (Å²) in [4.78, 5) is 28.4. The summed E-state index contributed by atoms with van der Waals surface area (Å²) in [5.74, 6) is -0.798. The van der Waals surface area contributed by atoms with E-state index in [0.717, 1.165) is 55.7 Å². The van der Waals surface area contributed by atoms with E-state index in [-0.39, 0.29) is 17.6 Å². The standard InChI is InChI=1S/C25H26BrClFN5O2/c1-15-24-16(3-2-4-20(24)33(30-15)21-5-6-23(34)29-25(21)35)7-8-31-9-11-32(12-10-31)22-14-18(27)17(26)13-19(22)28/h2-4,13-14,21H,5-12H2,1H3,(H,29,34,35). The molecule has 0 aliphatic carbocycles. The summed E-state index contributed by atoms with van der Waals surface area (Å²) >= 11 is 9.45. The Labute approximate surface area is 216 Å². The molecule has 3 heterocycles. The molecule has 2 amide bonds. The second-order valence-electron chi connectivity index (χ2n) is 9.10. The van der Waals surface area contributed by atoms with Crippen molar-refractivity contribution in [1.82, 2.24) is 20.0 Å². The van der Waals surface area contributed by atoms with Gasteiger partial charge in [0.15, 0.2) is 0 Å². The average molecular weight is 563 g/mol. The van der Waals surface area contributed by atoms with Crippen LogP contribution >= 0.6 is 27.5 Å². The van der Waals surface area contributed by atoms with Gasteiger partial charge in [-0.25, -0.2) is 4.39 Å². The Morgan fingerprint density at radius 3 is 2.71 bits per heavy atom. The SMILES string of the molecule is Cc1nn(C2CCC(=O)NC2=O)c2cccc(CCN3CCN(c4cc(Cl)c(Br)cc4F)CC3)c12. The predicted octanol–water partition coefficient (Wildman–Crippen LogP) is 4.24. The highest BCUT2D eigenvalue weighted by atomic mass is 79.9. The smallest absolute Gasteiger partial charge is 0.251 e. The van der Waals surface area contributed by atoms with Crippen LogP contribution in [0.15, 0.2) is 34.8 Å². The van der Waals surface area contributed by atoms with E-state index >= 15 is 0 Å². The lowest BCUT2D eigenvalue weighted by atomic mass is 10.0. The number of anilines is 1. The zero-order chi connectivity index (χ0) is 24.7. The van der Waals surface area contributed by atoms with E-state index in [9.17, 15) is 14.0 Å². The number of aryl methyl sites for hydroxylation is 1. The van der Waals surface area contributed by atoms with Crippen molar-refractivity contribution in [3.8, 4) is 0 Å². The Balaban J connectivity index is 1.27. The van der Waals surface area contributed by atoms with Crippen LogP contribution in [-0.4, -0.2) is 59.2 Å². The minimum absolute atomic E-state index is 0.230. The van der Waals surface area contributed by atoms with Gasteiger partial charge < -0.3 is 4.90 Å². The Kier molecular flexibility index (Phi) is 6.83.